The Hall–Kier alpha value is -5.56. The molecule has 0 N–H and O–H groups in total. The van der Waals surface area contributed by atoms with E-state index in [4.69, 9.17) is 9.97 Å². The monoisotopic (exact) mass is 624 g/mol. The van der Waals surface area contributed by atoms with Crippen LogP contribution in [0, 0.1) is 0 Å². The van der Waals surface area contributed by atoms with Gasteiger partial charge in [-0.3, -0.25) is 0 Å². The first-order valence-corrected chi connectivity index (χ1v) is 16.9. The van der Waals surface area contributed by atoms with Crippen molar-refractivity contribution in [3.05, 3.63) is 146 Å². The minimum Gasteiger partial charge on any atom is -0.309 e. The first-order valence-electron chi connectivity index (χ1n) is 15.3. The summed E-state index contributed by atoms with van der Waals surface area (Å²) in [7, 11) is 0. The molecule has 0 aliphatic carbocycles. The molecule has 6 aromatic carbocycles. The molecule has 10 rings (SSSR count). The normalized spacial score (nSPS) is 11.9. The van der Waals surface area contributed by atoms with Gasteiger partial charge < -0.3 is 9.13 Å². The zero-order valence-corrected chi connectivity index (χ0v) is 26.1. The zero-order chi connectivity index (χ0) is 30.2. The SMILES string of the molecule is c1ccc(-n2c3ccccc3c3cc(-c4nc5sc(-c6ccc7c(c6)c6ccccc6n7-c6ccccc6)nc5s4)ccc32)cc1. The van der Waals surface area contributed by atoms with Gasteiger partial charge in [-0.2, -0.15) is 0 Å². The third-order valence-electron chi connectivity index (χ3n) is 8.84. The highest BCUT2D eigenvalue weighted by atomic mass is 32.1. The topological polar surface area (TPSA) is 35.6 Å². The Bertz CT molecular complexity index is 2530. The Morgan fingerprint density at radius 3 is 1.22 bits per heavy atom. The quantitative estimate of drug-likeness (QED) is 0.195. The van der Waals surface area contributed by atoms with Crippen LogP contribution in [0.15, 0.2) is 146 Å². The van der Waals surface area contributed by atoms with E-state index in [1.807, 2.05) is 0 Å². The van der Waals surface area contributed by atoms with Crippen LogP contribution < -0.4 is 0 Å². The van der Waals surface area contributed by atoms with Crippen LogP contribution in [0.5, 0.6) is 0 Å². The van der Waals surface area contributed by atoms with Gasteiger partial charge in [0.25, 0.3) is 0 Å². The standard InChI is InChI=1S/C40H24N4S2/c1-3-11-27(12-4-1)43-33-17-9-7-15-29(33)31-23-25(19-21-35(31)43)37-41-39-40(45-37)42-38(46-39)26-20-22-36-32(24-26)30-16-8-10-18-34(30)44(36)28-13-5-2-6-14-28/h1-24H. The van der Waals surface area contributed by atoms with Gasteiger partial charge >= 0.3 is 0 Å². The van der Waals surface area contributed by atoms with Gasteiger partial charge in [0.2, 0.25) is 0 Å². The fraction of sp³-hybridized carbons (Fsp3) is 0. The average Bonchev–Trinajstić information content (AvgIpc) is 3.87. The van der Waals surface area contributed by atoms with E-state index in [0.717, 1.165) is 42.2 Å². The molecule has 0 atom stereocenters. The van der Waals surface area contributed by atoms with Crippen LogP contribution in [0.2, 0.25) is 0 Å². The van der Waals surface area contributed by atoms with E-state index >= 15 is 0 Å². The lowest BCUT2D eigenvalue weighted by molar-refractivity contribution is 1.18. The van der Waals surface area contributed by atoms with E-state index < -0.39 is 0 Å². The maximum absolute atomic E-state index is 5.10. The molecule has 0 bridgehead atoms. The van der Waals surface area contributed by atoms with Gasteiger partial charge in [-0.25, -0.2) is 9.97 Å². The highest BCUT2D eigenvalue weighted by Gasteiger charge is 2.18. The first-order chi connectivity index (χ1) is 22.8. The van der Waals surface area contributed by atoms with Gasteiger partial charge in [-0.05, 0) is 72.8 Å². The van der Waals surface area contributed by atoms with Crippen LogP contribution in [0.3, 0.4) is 0 Å². The second-order valence-corrected chi connectivity index (χ2v) is 13.4. The fourth-order valence-electron chi connectivity index (χ4n) is 6.81. The minimum atomic E-state index is 0.980. The predicted molar refractivity (Wildman–Crippen MR) is 195 cm³/mol. The predicted octanol–water partition coefficient (Wildman–Crippen LogP) is 11.3. The molecule has 0 aliphatic rings. The first kappa shape index (κ1) is 25.7. The van der Waals surface area contributed by atoms with Gasteiger partial charge in [0.05, 0.1) is 22.1 Å². The number of nitrogens with zero attached hydrogens (tertiary/aromatic N) is 4. The number of fused-ring (bicyclic) bond motifs is 7. The second kappa shape index (κ2) is 9.97. The van der Waals surface area contributed by atoms with Crippen molar-refractivity contribution >= 4 is 75.9 Å². The summed E-state index contributed by atoms with van der Waals surface area (Å²) in [6.45, 7) is 0. The lowest BCUT2D eigenvalue weighted by Gasteiger charge is -2.07. The molecular formula is C40H24N4S2. The Kier molecular flexibility index (Phi) is 5.58. The zero-order valence-electron chi connectivity index (χ0n) is 24.5. The number of para-hydroxylation sites is 4. The van der Waals surface area contributed by atoms with Crippen LogP contribution in [0.25, 0.3) is 85.8 Å². The van der Waals surface area contributed by atoms with Crippen molar-refractivity contribution in [3.8, 4) is 32.5 Å². The molecule has 0 aliphatic heterocycles. The van der Waals surface area contributed by atoms with Crippen molar-refractivity contribution < 1.29 is 0 Å². The maximum atomic E-state index is 5.10. The molecule has 0 fully saturated rings. The Morgan fingerprint density at radius 1 is 0.370 bits per heavy atom. The Morgan fingerprint density at radius 2 is 0.761 bits per heavy atom. The Labute approximate surface area is 272 Å². The van der Waals surface area contributed by atoms with E-state index in [0.29, 0.717) is 0 Å². The summed E-state index contributed by atoms with van der Waals surface area (Å²) in [5, 5.41) is 6.94. The number of hydrogen-bond acceptors (Lipinski definition) is 4. The number of benzene rings is 6. The summed E-state index contributed by atoms with van der Waals surface area (Å²) >= 11 is 3.34. The summed E-state index contributed by atoms with van der Waals surface area (Å²) in [6.07, 6.45) is 0. The summed E-state index contributed by atoms with van der Waals surface area (Å²) in [5.74, 6) is 0. The Balaban J connectivity index is 1.06. The van der Waals surface area contributed by atoms with E-state index in [1.165, 1.54) is 43.6 Å². The van der Waals surface area contributed by atoms with Crippen LogP contribution in [-0.2, 0) is 0 Å². The summed E-state index contributed by atoms with van der Waals surface area (Å²) in [6, 6.07) is 51.8. The molecule has 216 valence electrons. The molecule has 0 radical (unpaired) electrons. The maximum Gasteiger partial charge on any atom is 0.155 e. The van der Waals surface area contributed by atoms with Crippen LogP contribution in [0.4, 0.5) is 0 Å². The van der Waals surface area contributed by atoms with Crippen molar-refractivity contribution in [1.82, 2.24) is 19.1 Å². The van der Waals surface area contributed by atoms with E-state index in [9.17, 15) is 0 Å². The third kappa shape index (κ3) is 3.84. The highest BCUT2D eigenvalue weighted by Crippen LogP contribution is 2.41. The minimum absolute atomic E-state index is 0.980. The molecular weight excluding hydrogens is 601 g/mol. The molecule has 0 unspecified atom stereocenters. The molecule has 4 heterocycles. The molecule has 0 spiro atoms. The van der Waals surface area contributed by atoms with Crippen LogP contribution in [-0.4, -0.2) is 19.1 Å². The van der Waals surface area contributed by atoms with Gasteiger partial charge in [0.15, 0.2) is 9.66 Å². The molecule has 4 aromatic heterocycles. The summed E-state index contributed by atoms with van der Waals surface area (Å²) in [5.41, 5.74) is 9.36. The number of rotatable bonds is 4. The smallest absolute Gasteiger partial charge is 0.155 e. The van der Waals surface area contributed by atoms with Crippen molar-refractivity contribution in [2.75, 3.05) is 0 Å². The summed E-state index contributed by atoms with van der Waals surface area (Å²) in [4.78, 5) is 12.2. The van der Waals surface area contributed by atoms with Gasteiger partial charge in [0, 0.05) is 44.0 Å². The largest absolute Gasteiger partial charge is 0.309 e. The number of hydrogen-bond donors (Lipinski definition) is 0. The van der Waals surface area contributed by atoms with Gasteiger partial charge in [0.1, 0.15) is 10.0 Å². The molecule has 6 heteroatoms. The average molecular weight is 625 g/mol. The number of thiazole rings is 2. The molecule has 4 nitrogen and oxygen atoms in total. The van der Waals surface area contributed by atoms with E-state index in [1.54, 1.807) is 22.7 Å². The second-order valence-electron chi connectivity index (χ2n) is 11.5. The lowest BCUT2D eigenvalue weighted by atomic mass is 10.1. The van der Waals surface area contributed by atoms with Crippen LogP contribution in [0.1, 0.15) is 0 Å². The van der Waals surface area contributed by atoms with Crippen molar-refractivity contribution in [1.29, 1.82) is 0 Å². The number of aromatic nitrogens is 4. The molecule has 0 saturated carbocycles. The molecule has 46 heavy (non-hydrogen) atoms. The lowest BCUT2D eigenvalue weighted by Crippen LogP contribution is -1.92. The van der Waals surface area contributed by atoms with Crippen molar-refractivity contribution in [3.63, 3.8) is 0 Å². The summed E-state index contributed by atoms with van der Waals surface area (Å²) < 4.78 is 4.69. The molecule has 10 aromatic rings. The molecule has 0 saturated heterocycles. The van der Waals surface area contributed by atoms with E-state index in [-0.39, 0.29) is 0 Å². The van der Waals surface area contributed by atoms with Crippen molar-refractivity contribution in [2.45, 2.75) is 0 Å². The van der Waals surface area contributed by atoms with Gasteiger partial charge in [-0.1, -0.05) is 95.5 Å². The van der Waals surface area contributed by atoms with E-state index in [2.05, 4.69) is 155 Å². The molecule has 0 amide bonds. The highest BCUT2D eigenvalue weighted by molar-refractivity contribution is 7.29. The van der Waals surface area contributed by atoms with Crippen molar-refractivity contribution in [2.24, 2.45) is 0 Å². The van der Waals surface area contributed by atoms with Crippen LogP contribution >= 0.6 is 22.7 Å². The van der Waals surface area contributed by atoms with Gasteiger partial charge in [-0.15, -0.1) is 0 Å². The fourth-order valence-corrected chi connectivity index (χ4v) is 8.85. The third-order valence-corrected chi connectivity index (χ3v) is 11.0.